The van der Waals surface area contributed by atoms with Gasteiger partial charge < -0.3 is 10.2 Å². The first-order chi connectivity index (χ1) is 14.1. The highest BCUT2D eigenvalue weighted by atomic mass is 32.1. The molecule has 1 aliphatic heterocycles. The van der Waals surface area contributed by atoms with Crippen molar-refractivity contribution in [3.8, 4) is 0 Å². The molecule has 1 saturated carbocycles. The predicted molar refractivity (Wildman–Crippen MR) is 109 cm³/mol. The average Bonchev–Trinajstić information content (AvgIpc) is 3.40. The third kappa shape index (κ3) is 4.98. The SMILES string of the molecule is O=C(Nc1cccc(F)c1)c1nnc(C2CCCN(C(=O)CC3CCCC3)C2)s1. The third-order valence-corrected chi connectivity index (χ3v) is 6.86. The lowest BCUT2D eigenvalue weighted by atomic mass is 9.97. The zero-order valence-electron chi connectivity index (χ0n) is 16.3. The number of nitrogens with one attached hydrogen (secondary N) is 1. The van der Waals surface area contributed by atoms with Crippen molar-refractivity contribution in [2.24, 2.45) is 5.92 Å². The smallest absolute Gasteiger partial charge is 0.286 e. The van der Waals surface area contributed by atoms with Crippen molar-refractivity contribution in [3.63, 3.8) is 0 Å². The Hall–Kier alpha value is -2.35. The summed E-state index contributed by atoms with van der Waals surface area (Å²) < 4.78 is 13.3. The van der Waals surface area contributed by atoms with Crippen LogP contribution in [-0.2, 0) is 4.79 Å². The fourth-order valence-corrected chi connectivity index (χ4v) is 5.10. The van der Waals surface area contributed by atoms with Crippen LogP contribution in [0.5, 0.6) is 0 Å². The number of rotatable bonds is 5. The maximum Gasteiger partial charge on any atom is 0.286 e. The lowest BCUT2D eigenvalue weighted by Crippen LogP contribution is -2.39. The topological polar surface area (TPSA) is 75.2 Å². The van der Waals surface area contributed by atoms with Gasteiger partial charge in [-0.2, -0.15) is 0 Å². The number of hydrogen-bond acceptors (Lipinski definition) is 5. The van der Waals surface area contributed by atoms with Crippen LogP contribution >= 0.6 is 11.3 Å². The molecule has 1 aliphatic carbocycles. The Morgan fingerprint density at radius 1 is 1.17 bits per heavy atom. The second-order valence-corrected chi connectivity index (χ2v) is 8.95. The molecule has 2 amide bonds. The van der Waals surface area contributed by atoms with Crippen molar-refractivity contribution < 1.29 is 14.0 Å². The Kier molecular flexibility index (Phi) is 6.18. The number of carbonyl (C=O) groups excluding carboxylic acids is 2. The number of piperidine rings is 1. The molecule has 0 radical (unpaired) electrons. The number of amides is 2. The van der Waals surface area contributed by atoms with Crippen LogP contribution in [0.15, 0.2) is 24.3 Å². The standard InChI is InChI=1S/C21H25FN4O2S/c22-16-8-3-9-17(12-16)23-19(28)21-25-24-20(29-21)15-7-4-10-26(13-15)18(27)11-14-5-1-2-6-14/h3,8-9,12,14-15H,1-2,4-7,10-11,13H2,(H,23,28). The Balaban J connectivity index is 1.36. The summed E-state index contributed by atoms with van der Waals surface area (Å²) in [5, 5.41) is 11.9. The van der Waals surface area contributed by atoms with E-state index in [2.05, 4.69) is 15.5 Å². The molecule has 29 heavy (non-hydrogen) atoms. The minimum atomic E-state index is -0.412. The first-order valence-electron chi connectivity index (χ1n) is 10.3. The van der Waals surface area contributed by atoms with Crippen molar-refractivity contribution in [3.05, 3.63) is 40.1 Å². The van der Waals surface area contributed by atoms with Gasteiger partial charge in [-0.25, -0.2) is 4.39 Å². The summed E-state index contributed by atoms with van der Waals surface area (Å²) in [6, 6.07) is 5.74. The molecule has 1 aromatic carbocycles. The van der Waals surface area contributed by atoms with E-state index in [1.165, 1.54) is 55.2 Å². The van der Waals surface area contributed by atoms with Gasteiger partial charge in [-0.1, -0.05) is 30.2 Å². The highest BCUT2D eigenvalue weighted by molar-refractivity contribution is 7.13. The monoisotopic (exact) mass is 416 g/mol. The minimum absolute atomic E-state index is 0.115. The van der Waals surface area contributed by atoms with E-state index in [1.54, 1.807) is 6.07 Å². The van der Waals surface area contributed by atoms with E-state index in [1.807, 2.05) is 4.90 Å². The fourth-order valence-electron chi connectivity index (χ4n) is 4.24. The molecule has 2 aliphatic rings. The minimum Gasteiger partial charge on any atom is -0.342 e. The molecule has 1 unspecified atom stereocenters. The molecule has 0 spiro atoms. The number of carbonyl (C=O) groups is 2. The Morgan fingerprint density at radius 2 is 2.00 bits per heavy atom. The van der Waals surface area contributed by atoms with Crippen molar-refractivity contribution in [2.45, 2.75) is 50.9 Å². The number of benzene rings is 1. The van der Waals surface area contributed by atoms with E-state index in [0.29, 0.717) is 24.6 Å². The highest BCUT2D eigenvalue weighted by Crippen LogP contribution is 2.32. The predicted octanol–water partition coefficient (Wildman–Crippen LogP) is 4.22. The number of hydrogen-bond donors (Lipinski definition) is 1. The summed E-state index contributed by atoms with van der Waals surface area (Å²) in [6.07, 6.45) is 7.35. The summed E-state index contributed by atoms with van der Waals surface area (Å²) in [6.45, 7) is 1.44. The molecule has 1 atom stereocenters. The van der Waals surface area contributed by atoms with Crippen LogP contribution in [0.1, 0.15) is 65.7 Å². The maximum absolute atomic E-state index is 13.3. The Labute approximate surface area is 173 Å². The molecular weight excluding hydrogens is 391 g/mol. The van der Waals surface area contributed by atoms with E-state index in [0.717, 1.165) is 24.4 Å². The molecule has 1 saturated heterocycles. The first kappa shape index (κ1) is 19.9. The average molecular weight is 417 g/mol. The lowest BCUT2D eigenvalue weighted by Gasteiger charge is -2.32. The van der Waals surface area contributed by atoms with Crippen LogP contribution in [-0.4, -0.2) is 40.0 Å². The third-order valence-electron chi connectivity index (χ3n) is 5.78. The molecule has 6 nitrogen and oxygen atoms in total. The molecule has 154 valence electrons. The molecule has 8 heteroatoms. The zero-order valence-corrected chi connectivity index (χ0v) is 17.1. The number of anilines is 1. The van der Waals surface area contributed by atoms with Gasteiger partial charge in [0.2, 0.25) is 10.9 Å². The van der Waals surface area contributed by atoms with Gasteiger partial charge in [0.25, 0.3) is 5.91 Å². The summed E-state index contributed by atoms with van der Waals surface area (Å²) >= 11 is 1.25. The van der Waals surface area contributed by atoms with E-state index < -0.39 is 11.7 Å². The normalized spacial score (nSPS) is 20.0. The van der Waals surface area contributed by atoms with Crippen molar-refractivity contribution in [2.75, 3.05) is 18.4 Å². The van der Waals surface area contributed by atoms with Crippen molar-refractivity contribution in [1.29, 1.82) is 0 Å². The molecule has 4 rings (SSSR count). The van der Waals surface area contributed by atoms with Crippen LogP contribution in [0.3, 0.4) is 0 Å². The van der Waals surface area contributed by atoms with Crippen LogP contribution in [0.2, 0.25) is 0 Å². The number of likely N-dealkylation sites (tertiary alicyclic amines) is 1. The maximum atomic E-state index is 13.3. The van der Waals surface area contributed by atoms with Crippen LogP contribution in [0, 0.1) is 11.7 Å². The summed E-state index contributed by atoms with van der Waals surface area (Å²) in [4.78, 5) is 27.0. The van der Waals surface area contributed by atoms with Crippen molar-refractivity contribution >= 4 is 28.8 Å². The van der Waals surface area contributed by atoms with E-state index in [4.69, 9.17) is 0 Å². The number of nitrogens with zero attached hydrogens (tertiary/aromatic N) is 3. The van der Waals surface area contributed by atoms with Gasteiger partial charge in [0.1, 0.15) is 10.8 Å². The fraction of sp³-hybridized carbons (Fsp3) is 0.524. The van der Waals surface area contributed by atoms with Crippen LogP contribution in [0.25, 0.3) is 0 Å². The molecular formula is C21H25FN4O2S. The van der Waals surface area contributed by atoms with Crippen LogP contribution < -0.4 is 5.32 Å². The quantitative estimate of drug-likeness (QED) is 0.792. The second kappa shape index (κ2) is 8.98. The Bertz CT molecular complexity index is 881. The van der Waals surface area contributed by atoms with Gasteiger partial charge in [-0.3, -0.25) is 9.59 Å². The van der Waals surface area contributed by atoms with Crippen LogP contribution in [0.4, 0.5) is 10.1 Å². The van der Waals surface area contributed by atoms with E-state index in [-0.39, 0.29) is 16.8 Å². The van der Waals surface area contributed by atoms with Gasteiger partial charge in [0.15, 0.2) is 0 Å². The van der Waals surface area contributed by atoms with Gasteiger partial charge in [-0.05, 0) is 49.8 Å². The molecule has 1 aromatic heterocycles. The van der Waals surface area contributed by atoms with Gasteiger partial charge >= 0.3 is 0 Å². The van der Waals surface area contributed by atoms with E-state index in [9.17, 15) is 14.0 Å². The number of aromatic nitrogens is 2. The van der Waals surface area contributed by atoms with Gasteiger partial charge in [0.05, 0.1) is 0 Å². The van der Waals surface area contributed by atoms with Gasteiger partial charge in [-0.15, -0.1) is 10.2 Å². The molecule has 2 heterocycles. The molecule has 2 aromatic rings. The Morgan fingerprint density at radius 3 is 2.79 bits per heavy atom. The zero-order chi connectivity index (χ0) is 20.2. The highest BCUT2D eigenvalue weighted by Gasteiger charge is 2.29. The summed E-state index contributed by atoms with van der Waals surface area (Å²) in [7, 11) is 0. The number of halogens is 1. The first-order valence-corrected chi connectivity index (χ1v) is 11.1. The van der Waals surface area contributed by atoms with Gasteiger partial charge in [0, 0.05) is 31.1 Å². The van der Waals surface area contributed by atoms with Crippen molar-refractivity contribution in [1.82, 2.24) is 15.1 Å². The largest absolute Gasteiger partial charge is 0.342 e. The molecule has 2 fully saturated rings. The summed E-state index contributed by atoms with van der Waals surface area (Å²) in [5.74, 6) is 0.0943. The summed E-state index contributed by atoms with van der Waals surface area (Å²) in [5.41, 5.74) is 0.383. The molecule has 1 N–H and O–H groups in total. The lowest BCUT2D eigenvalue weighted by molar-refractivity contribution is -0.133. The van der Waals surface area contributed by atoms with E-state index >= 15 is 0 Å². The second-order valence-electron chi connectivity index (χ2n) is 7.94. The molecule has 0 bridgehead atoms.